The van der Waals surface area contributed by atoms with E-state index in [-0.39, 0.29) is 23.3 Å². The Balaban J connectivity index is 1.46. The number of aryl methyl sites for hydroxylation is 1. The second-order valence-corrected chi connectivity index (χ2v) is 10.9. The third-order valence-corrected chi connectivity index (χ3v) is 8.60. The molecule has 0 spiro atoms. The quantitative estimate of drug-likeness (QED) is 0.307. The number of hydrogen-bond acceptors (Lipinski definition) is 5. The monoisotopic (exact) mass is 465 g/mol. The molecule has 2 unspecified atom stereocenters. The van der Waals surface area contributed by atoms with E-state index >= 15 is 0 Å². The van der Waals surface area contributed by atoms with Gasteiger partial charge in [0.2, 0.25) is 5.91 Å². The molecule has 5 nitrogen and oxygen atoms in total. The smallest absolute Gasteiger partial charge is 0.263 e. The molecule has 2 aromatic heterocycles. The lowest BCUT2D eigenvalue weighted by Crippen LogP contribution is -2.37. The van der Waals surface area contributed by atoms with E-state index in [9.17, 15) is 9.59 Å². The molecule has 2 aliphatic rings. The van der Waals surface area contributed by atoms with E-state index < -0.39 is 0 Å². The first-order chi connectivity index (χ1) is 15.5. The van der Waals surface area contributed by atoms with Crippen LogP contribution in [0.15, 0.2) is 46.9 Å². The Hall–Kier alpha value is -2.38. The zero-order valence-electron chi connectivity index (χ0n) is 18.5. The number of hydrogen-bond donors (Lipinski definition) is 0. The molecule has 7 heteroatoms. The largest absolute Gasteiger partial charge is 0.308 e. The predicted molar refractivity (Wildman–Crippen MR) is 133 cm³/mol. The van der Waals surface area contributed by atoms with Crippen LogP contribution in [0.25, 0.3) is 10.2 Å². The molecule has 0 bridgehead atoms. The van der Waals surface area contributed by atoms with Crippen LogP contribution in [0.4, 0.5) is 5.69 Å². The van der Waals surface area contributed by atoms with Crippen molar-refractivity contribution >= 4 is 44.9 Å². The Kier molecular flexibility index (Phi) is 5.72. The lowest BCUT2D eigenvalue weighted by molar-refractivity contribution is -0.116. The number of carbonyl (C=O) groups is 1. The molecule has 166 valence electrons. The number of fused-ring (bicyclic) bond motifs is 4. The molecule has 3 heterocycles. The molecule has 1 amide bonds. The first-order valence-electron chi connectivity index (χ1n) is 11.2. The number of thioether (sulfide) groups is 1. The van der Waals surface area contributed by atoms with E-state index in [0.29, 0.717) is 17.6 Å². The summed E-state index contributed by atoms with van der Waals surface area (Å²) in [6.45, 7) is 8.56. The van der Waals surface area contributed by atoms with E-state index in [4.69, 9.17) is 4.98 Å². The van der Waals surface area contributed by atoms with Crippen molar-refractivity contribution in [3.05, 3.63) is 63.3 Å². The summed E-state index contributed by atoms with van der Waals surface area (Å²) < 4.78 is 1.68. The number of aromatic nitrogens is 2. The topological polar surface area (TPSA) is 55.2 Å². The van der Waals surface area contributed by atoms with Crippen molar-refractivity contribution in [2.45, 2.75) is 57.3 Å². The average Bonchev–Trinajstić information content (AvgIpc) is 3.30. The number of anilines is 1. The fraction of sp³-hybridized carbons (Fsp3) is 0.400. The highest BCUT2D eigenvalue weighted by Crippen LogP contribution is 2.37. The molecule has 1 aliphatic carbocycles. The van der Waals surface area contributed by atoms with Crippen molar-refractivity contribution < 1.29 is 4.79 Å². The van der Waals surface area contributed by atoms with Crippen LogP contribution in [0.1, 0.15) is 36.3 Å². The maximum absolute atomic E-state index is 13.4. The molecule has 0 radical (unpaired) electrons. The minimum absolute atomic E-state index is 0.00297. The molecule has 1 aliphatic heterocycles. The van der Waals surface area contributed by atoms with Gasteiger partial charge >= 0.3 is 0 Å². The van der Waals surface area contributed by atoms with Gasteiger partial charge in [0, 0.05) is 23.2 Å². The number of allylic oxidation sites excluding steroid dienone is 1. The van der Waals surface area contributed by atoms with Gasteiger partial charge in [0.05, 0.1) is 11.1 Å². The van der Waals surface area contributed by atoms with Gasteiger partial charge in [0.15, 0.2) is 5.16 Å². The molecule has 1 aromatic carbocycles. The summed E-state index contributed by atoms with van der Waals surface area (Å²) >= 11 is 3.00. The van der Waals surface area contributed by atoms with Gasteiger partial charge in [0.25, 0.3) is 5.56 Å². The van der Waals surface area contributed by atoms with Gasteiger partial charge < -0.3 is 4.90 Å². The van der Waals surface area contributed by atoms with Crippen molar-refractivity contribution in [2.75, 3.05) is 10.7 Å². The van der Waals surface area contributed by atoms with Gasteiger partial charge in [-0.1, -0.05) is 43.0 Å². The molecular formula is C25H27N3O2S2. The Morgan fingerprint density at radius 3 is 2.94 bits per heavy atom. The average molecular weight is 466 g/mol. The minimum atomic E-state index is -0.00297. The molecule has 2 atom stereocenters. The third-order valence-electron chi connectivity index (χ3n) is 6.49. The highest BCUT2D eigenvalue weighted by Gasteiger charge is 2.31. The Labute approximate surface area is 196 Å². The van der Waals surface area contributed by atoms with Crippen LogP contribution < -0.4 is 10.5 Å². The number of carbonyl (C=O) groups excluding carboxylic acids is 1. The maximum Gasteiger partial charge on any atom is 0.263 e. The summed E-state index contributed by atoms with van der Waals surface area (Å²) in [7, 11) is 0. The summed E-state index contributed by atoms with van der Waals surface area (Å²) in [6, 6.07) is 8.22. The maximum atomic E-state index is 13.4. The summed E-state index contributed by atoms with van der Waals surface area (Å²) in [4.78, 5) is 35.5. The van der Waals surface area contributed by atoms with Crippen molar-refractivity contribution in [1.82, 2.24) is 9.55 Å². The highest BCUT2D eigenvalue weighted by molar-refractivity contribution is 7.99. The standard InChI is InChI=1S/C25H27N3O2S2/c1-4-11-27-24(30)22-18-10-9-15(2)12-20(18)32-23(22)26-25(27)31-14-21(29)28-16(3)13-17-7-5-6-8-19(17)28/h4-8,15-16H,1,9-14H2,2-3H3. The van der Waals surface area contributed by atoms with E-state index in [1.165, 1.54) is 27.8 Å². The molecular weight excluding hydrogens is 438 g/mol. The number of amides is 1. The molecule has 0 N–H and O–H groups in total. The second kappa shape index (κ2) is 8.52. The van der Waals surface area contributed by atoms with E-state index in [0.717, 1.165) is 41.6 Å². The van der Waals surface area contributed by atoms with Gasteiger partial charge in [-0.25, -0.2) is 4.98 Å². The molecule has 32 heavy (non-hydrogen) atoms. The first kappa shape index (κ1) is 21.5. The van der Waals surface area contributed by atoms with Gasteiger partial charge in [0.1, 0.15) is 4.83 Å². The Morgan fingerprint density at radius 2 is 2.12 bits per heavy atom. The number of nitrogens with zero attached hydrogens (tertiary/aromatic N) is 3. The van der Waals surface area contributed by atoms with Crippen LogP contribution in [0.5, 0.6) is 0 Å². The summed E-state index contributed by atoms with van der Waals surface area (Å²) in [5.74, 6) is 0.935. The zero-order chi connectivity index (χ0) is 22.4. The molecule has 3 aromatic rings. The molecule has 0 fully saturated rings. The summed E-state index contributed by atoms with van der Waals surface area (Å²) in [5, 5.41) is 1.37. The van der Waals surface area contributed by atoms with Crippen molar-refractivity contribution in [1.29, 1.82) is 0 Å². The molecule has 0 saturated heterocycles. The summed E-state index contributed by atoms with van der Waals surface area (Å²) in [5.41, 5.74) is 3.39. The molecule has 5 rings (SSSR count). The van der Waals surface area contributed by atoms with E-state index in [1.54, 1.807) is 22.0 Å². The van der Waals surface area contributed by atoms with Gasteiger partial charge in [-0.3, -0.25) is 14.2 Å². The number of thiophene rings is 1. The van der Waals surface area contributed by atoms with Crippen molar-refractivity contribution in [3.8, 4) is 0 Å². The zero-order valence-corrected chi connectivity index (χ0v) is 20.1. The van der Waals surface area contributed by atoms with Crippen LogP contribution >= 0.6 is 23.1 Å². The van der Waals surface area contributed by atoms with Crippen LogP contribution in [-0.4, -0.2) is 27.3 Å². The summed E-state index contributed by atoms with van der Waals surface area (Å²) in [6.07, 6.45) is 5.67. The highest BCUT2D eigenvalue weighted by atomic mass is 32.2. The van der Waals surface area contributed by atoms with Crippen LogP contribution in [0.3, 0.4) is 0 Å². The van der Waals surface area contributed by atoms with Crippen LogP contribution in [-0.2, 0) is 30.6 Å². The third kappa shape index (κ3) is 3.61. The van der Waals surface area contributed by atoms with Crippen molar-refractivity contribution in [2.24, 2.45) is 5.92 Å². The van der Waals surface area contributed by atoms with Crippen molar-refractivity contribution in [3.63, 3.8) is 0 Å². The fourth-order valence-electron chi connectivity index (χ4n) is 4.95. The lowest BCUT2D eigenvalue weighted by atomic mass is 9.89. The second-order valence-electron chi connectivity index (χ2n) is 8.86. The van der Waals surface area contributed by atoms with Gasteiger partial charge in [-0.2, -0.15) is 0 Å². The van der Waals surface area contributed by atoms with E-state index in [2.05, 4.69) is 26.5 Å². The van der Waals surface area contributed by atoms with Crippen LogP contribution in [0.2, 0.25) is 0 Å². The number of benzene rings is 1. The first-order valence-corrected chi connectivity index (χ1v) is 13.0. The Morgan fingerprint density at radius 1 is 1.31 bits per heavy atom. The molecule has 0 saturated carbocycles. The van der Waals surface area contributed by atoms with Gasteiger partial charge in [-0.05, 0) is 55.7 Å². The normalized spacial score (nSPS) is 19.8. The number of para-hydroxylation sites is 1. The van der Waals surface area contributed by atoms with E-state index in [1.807, 2.05) is 23.1 Å². The fourth-order valence-corrected chi connectivity index (χ4v) is 7.24. The lowest BCUT2D eigenvalue weighted by Gasteiger charge is -2.22. The predicted octanol–water partition coefficient (Wildman–Crippen LogP) is 4.84. The van der Waals surface area contributed by atoms with Crippen LogP contribution in [0, 0.1) is 5.92 Å². The minimum Gasteiger partial charge on any atom is -0.308 e. The number of rotatable bonds is 5. The SMILES string of the molecule is C=CCn1c(SCC(=O)N2c3ccccc3CC2C)nc2sc3c(c2c1=O)CCC(C)C3. The Bertz CT molecular complexity index is 1280. The van der Waals surface area contributed by atoms with Gasteiger partial charge in [-0.15, -0.1) is 17.9 Å².